The predicted molar refractivity (Wildman–Crippen MR) is 77.8 cm³/mol. The van der Waals surface area contributed by atoms with Crippen LogP contribution in [0, 0.1) is 6.92 Å². The SMILES string of the molecule is Cc1cccc(NC(=O)Cn2cc(CCO)c(C(F)(F)F)n2)c1. The lowest BCUT2D eigenvalue weighted by molar-refractivity contribution is -0.142. The van der Waals surface area contributed by atoms with Crippen molar-refractivity contribution in [1.82, 2.24) is 9.78 Å². The van der Waals surface area contributed by atoms with Crippen LogP contribution < -0.4 is 5.32 Å². The van der Waals surface area contributed by atoms with Crippen molar-refractivity contribution in [1.29, 1.82) is 0 Å². The molecule has 1 aromatic heterocycles. The third kappa shape index (κ3) is 4.56. The van der Waals surface area contributed by atoms with E-state index in [1.165, 1.54) is 0 Å². The fourth-order valence-corrected chi connectivity index (χ4v) is 2.16. The summed E-state index contributed by atoms with van der Waals surface area (Å²) in [4.78, 5) is 11.9. The lowest BCUT2D eigenvalue weighted by Crippen LogP contribution is -2.19. The first-order valence-electron chi connectivity index (χ1n) is 6.90. The monoisotopic (exact) mass is 327 g/mol. The fraction of sp³-hybridized carbons (Fsp3) is 0.333. The molecule has 1 amide bonds. The highest BCUT2D eigenvalue weighted by Crippen LogP contribution is 2.30. The molecule has 2 aromatic rings. The van der Waals surface area contributed by atoms with Crippen LogP contribution >= 0.6 is 0 Å². The zero-order valence-electron chi connectivity index (χ0n) is 12.4. The molecule has 5 nitrogen and oxygen atoms in total. The van der Waals surface area contributed by atoms with Crippen molar-refractivity contribution in [2.45, 2.75) is 26.1 Å². The highest BCUT2D eigenvalue weighted by molar-refractivity contribution is 5.90. The molecule has 1 heterocycles. The number of amides is 1. The molecule has 124 valence electrons. The van der Waals surface area contributed by atoms with Crippen molar-refractivity contribution < 1.29 is 23.1 Å². The van der Waals surface area contributed by atoms with Gasteiger partial charge in [-0.05, 0) is 31.0 Å². The fourth-order valence-electron chi connectivity index (χ4n) is 2.16. The largest absolute Gasteiger partial charge is 0.435 e. The summed E-state index contributed by atoms with van der Waals surface area (Å²) in [5.74, 6) is -0.484. The van der Waals surface area contributed by atoms with Crippen LogP contribution in [0.3, 0.4) is 0 Å². The van der Waals surface area contributed by atoms with Gasteiger partial charge in [0.1, 0.15) is 6.54 Å². The van der Waals surface area contributed by atoms with Crippen molar-refractivity contribution >= 4 is 11.6 Å². The van der Waals surface area contributed by atoms with Crippen LogP contribution in [0.1, 0.15) is 16.8 Å². The van der Waals surface area contributed by atoms with Crippen LogP contribution in [0.25, 0.3) is 0 Å². The molecule has 0 radical (unpaired) electrons. The van der Waals surface area contributed by atoms with Crippen LogP contribution in [0.2, 0.25) is 0 Å². The average Bonchev–Trinajstić information content (AvgIpc) is 2.81. The number of rotatable bonds is 5. The number of alkyl halides is 3. The number of halogens is 3. The summed E-state index contributed by atoms with van der Waals surface area (Å²) in [6.07, 6.45) is -3.66. The van der Waals surface area contributed by atoms with E-state index in [4.69, 9.17) is 5.11 Å². The maximum absolute atomic E-state index is 12.9. The molecule has 0 bridgehead atoms. The lowest BCUT2D eigenvalue weighted by atomic mass is 10.2. The van der Waals surface area contributed by atoms with Gasteiger partial charge in [-0.15, -0.1) is 0 Å². The van der Waals surface area contributed by atoms with Gasteiger partial charge in [0.25, 0.3) is 0 Å². The van der Waals surface area contributed by atoms with Gasteiger partial charge >= 0.3 is 6.18 Å². The van der Waals surface area contributed by atoms with Crippen molar-refractivity contribution in [2.24, 2.45) is 0 Å². The summed E-state index contributed by atoms with van der Waals surface area (Å²) in [6.45, 7) is 1.09. The molecule has 23 heavy (non-hydrogen) atoms. The number of hydrogen-bond acceptors (Lipinski definition) is 3. The van der Waals surface area contributed by atoms with Gasteiger partial charge in [0.15, 0.2) is 5.69 Å². The van der Waals surface area contributed by atoms with E-state index in [0.717, 1.165) is 16.4 Å². The Morgan fingerprint density at radius 3 is 2.74 bits per heavy atom. The molecule has 0 aliphatic rings. The van der Waals surface area contributed by atoms with Crippen LogP contribution in [-0.4, -0.2) is 27.4 Å². The molecule has 2 rings (SSSR count). The number of benzene rings is 1. The van der Waals surface area contributed by atoms with Crippen LogP contribution in [0.5, 0.6) is 0 Å². The van der Waals surface area contributed by atoms with E-state index in [0.29, 0.717) is 5.69 Å². The Balaban J connectivity index is 2.12. The number of nitrogens with zero attached hydrogens (tertiary/aromatic N) is 2. The van der Waals surface area contributed by atoms with E-state index in [2.05, 4.69) is 10.4 Å². The smallest absolute Gasteiger partial charge is 0.396 e. The summed E-state index contributed by atoms with van der Waals surface area (Å²) >= 11 is 0. The quantitative estimate of drug-likeness (QED) is 0.886. The molecule has 1 aromatic carbocycles. The number of carbonyl (C=O) groups excluding carboxylic acids is 1. The molecule has 0 saturated carbocycles. The van der Waals surface area contributed by atoms with Crippen molar-refractivity contribution in [3.63, 3.8) is 0 Å². The molecule has 0 aliphatic heterocycles. The third-order valence-electron chi connectivity index (χ3n) is 3.09. The van der Waals surface area contributed by atoms with Gasteiger partial charge in [0, 0.05) is 24.1 Å². The molecule has 8 heteroatoms. The molecular formula is C15H16F3N3O2. The maximum Gasteiger partial charge on any atom is 0.435 e. The van der Waals surface area contributed by atoms with E-state index in [9.17, 15) is 18.0 Å². The Bertz CT molecular complexity index is 696. The molecule has 0 unspecified atom stereocenters. The zero-order valence-corrected chi connectivity index (χ0v) is 12.4. The standard InChI is InChI=1S/C15H16F3N3O2/c1-10-3-2-4-12(7-10)19-13(23)9-21-8-11(5-6-22)14(20-21)15(16,17)18/h2-4,7-8,22H,5-6,9H2,1H3,(H,19,23). The number of aliphatic hydroxyl groups excluding tert-OH is 1. The minimum absolute atomic E-state index is 0.136. The second kappa shape index (κ2) is 6.82. The normalized spacial score (nSPS) is 11.5. The highest BCUT2D eigenvalue weighted by Gasteiger charge is 2.37. The second-order valence-electron chi connectivity index (χ2n) is 5.09. The molecule has 2 N–H and O–H groups in total. The topological polar surface area (TPSA) is 67.2 Å². The van der Waals surface area contributed by atoms with Crippen LogP contribution in [0.15, 0.2) is 30.5 Å². The Morgan fingerprint density at radius 1 is 1.39 bits per heavy atom. The number of aromatic nitrogens is 2. The van der Waals surface area contributed by atoms with E-state index in [1.54, 1.807) is 18.2 Å². The van der Waals surface area contributed by atoms with Crippen molar-refractivity contribution in [2.75, 3.05) is 11.9 Å². The molecular weight excluding hydrogens is 311 g/mol. The first kappa shape index (κ1) is 17.0. The summed E-state index contributed by atoms with van der Waals surface area (Å²) in [7, 11) is 0. The average molecular weight is 327 g/mol. The maximum atomic E-state index is 12.9. The lowest BCUT2D eigenvalue weighted by Gasteiger charge is -2.06. The minimum atomic E-state index is -4.62. The summed E-state index contributed by atoms with van der Waals surface area (Å²) in [6, 6.07) is 7.06. The molecule has 0 fully saturated rings. The molecule has 0 atom stereocenters. The third-order valence-corrected chi connectivity index (χ3v) is 3.09. The number of aliphatic hydroxyl groups is 1. The van der Waals surface area contributed by atoms with E-state index < -0.39 is 24.4 Å². The number of aryl methyl sites for hydroxylation is 1. The van der Waals surface area contributed by atoms with Crippen LogP contribution in [-0.2, 0) is 23.9 Å². The van der Waals surface area contributed by atoms with E-state index in [-0.39, 0.29) is 18.5 Å². The van der Waals surface area contributed by atoms with E-state index in [1.807, 2.05) is 13.0 Å². The zero-order chi connectivity index (χ0) is 17.0. The summed E-state index contributed by atoms with van der Waals surface area (Å²) in [5.41, 5.74) is 0.304. The van der Waals surface area contributed by atoms with E-state index >= 15 is 0 Å². The first-order chi connectivity index (χ1) is 10.8. The molecule has 0 saturated heterocycles. The number of nitrogens with one attached hydrogen (secondary N) is 1. The number of hydrogen-bond donors (Lipinski definition) is 2. The van der Waals surface area contributed by atoms with Crippen molar-refractivity contribution in [3.8, 4) is 0 Å². The van der Waals surface area contributed by atoms with Gasteiger partial charge in [-0.1, -0.05) is 12.1 Å². The molecule has 0 aliphatic carbocycles. The number of anilines is 1. The summed E-state index contributed by atoms with van der Waals surface area (Å²) in [5, 5.41) is 14.9. The first-order valence-corrected chi connectivity index (χ1v) is 6.90. The Morgan fingerprint density at radius 2 is 2.13 bits per heavy atom. The van der Waals surface area contributed by atoms with Gasteiger partial charge in [-0.3, -0.25) is 9.48 Å². The van der Waals surface area contributed by atoms with Gasteiger partial charge < -0.3 is 10.4 Å². The van der Waals surface area contributed by atoms with Gasteiger partial charge in [0.05, 0.1) is 0 Å². The Labute approximate surface area is 130 Å². The predicted octanol–water partition coefficient (Wildman–Crippen LogP) is 2.38. The van der Waals surface area contributed by atoms with Gasteiger partial charge in [-0.2, -0.15) is 18.3 Å². The van der Waals surface area contributed by atoms with Gasteiger partial charge in [0.2, 0.25) is 5.91 Å². The minimum Gasteiger partial charge on any atom is -0.396 e. The number of carbonyl (C=O) groups is 1. The second-order valence-corrected chi connectivity index (χ2v) is 5.09. The highest BCUT2D eigenvalue weighted by atomic mass is 19.4. The van der Waals surface area contributed by atoms with Gasteiger partial charge in [-0.25, -0.2) is 0 Å². The summed E-state index contributed by atoms with van der Waals surface area (Å²) < 4.78 is 39.5. The Hall–Kier alpha value is -2.35. The molecule has 0 spiro atoms. The van der Waals surface area contributed by atoms with Crippen molar-refractivity contribution in [3.05, 3.63) is 47.3 Å². The Kier molecular flexibility index (Phi) is 5.05. The van der Waals surface area contributed by atoms with Crippen LogP contribution in [0.4, 0.5) is 18.9 Å².